The monoisotopic (exact) mass is 469 g/mol. The van der Waals surface area contributed by atoms with Gasteiger partial charge in [-0.15, -0.1) is 24.0 Å². The molecule has 1 saturated heterocycles. The molecule has 3 rings (SSSR count). The third-order valence-corrected chi connectivity index (χ3v) is 4.43. The van der Waals surface area contributed by atoms with Crippen molar-refractivity contribution in [1.29, 1.82) is 0 Å². The van der Waals surface area contributed by atoms with Crippen LogP contribution in [-0.4, -0.2) is 30.8 Å². The van der Waals surface area contributed by atoms with Gasteiger partial charge in [0, 0.05) is 31.4 Å². The molecule has 1 aromatic heterocycles. The van der Waals surface area contributed by atoms with Gasteiger partial charge in [0.25, 0.3) is 0 Å². The van der Waals surface area contributed by atoms with Gasteiger partial charge in [-0.05, 0) is 44.4 Å². The van der Waals surface area contributed by atoms with Gasteiger partial charge >= 0.3 is 0 Å². The minimum Gasteiger partial charge on any atom is -0.372 e. The molecule has 1 aliphatic rings. The molecule has 1 aromatic carbocycles. The van der Waals surface area contributed by atoms with Crippen LogP contribution in [0.1, 0.15) is 44.0 Å². The Bertz CT molecular complexity index is 683. The lowest BCUT2D eigenvalue weighted by Crippen LogP contribution is -2.38. The highest BCUT2D eigenvalue weighted by molar-refractivity contribution is 14.0. The molecule has 1 atom stereocenters. The van der Waals surface area contributed by atoms with Crippen LogP contribution < -0.4 is 15.5 Å². The number of anilines is 1. The summed E-state index contributed by atoms with van der Waals surface area (Å²) in [6.45, 7) is 7.84. The van der Waals surface area contributed by atoms with E-state index in [1.165, 1.54) is 24.1 Å². The Hall–Kier alpha value is -1.77. The average Bonchev–Trinajstić information content (AvgIpc) is 3.33. The molecule has 0 bridgehead atoms. The predicted octanol–water partition coefficient (Wildman–Crippen LogP) is 3.71. The summed E-state index contributed by atoms with van der Waals surface area (Å²) in [5, 5.41) is 10.7. The summed E-state index contributed by atoms with van der Waals surface area (Å²) in [5.41, 5.74) is 3.39. The van der Waals surface area contributed by atoms with Gasteiger partial charge in [0.15, 0.2) is 5.96 Å². The molecule has 26 heavy (non-hydrogen) atoms. The van der Waals surface area contributed by atoms with Crippen molar-refractivity contribution in [3.8, 4) is 0 Å². The standard InChI is InChI=1S/C19H27N5O.HI/c1-3-20-19(21-14-17-9-12-25-23-17)22-15(2)16-7-6-8-18(13-16)24-10-4-5-11-24;/h6-9,12-13,15H,3-5,10-11,14H2,1-2H3,(H2,20,21,22);1H. The van der Waals surface area contributed by atoms with Crippen LogP contribution in [0.2, 0.25) is 0 Å². The molecule has 1 aliphatic heterocycles. The van der Waals surface area contributed by atoms with Crippen LogP contribution in [0.15, 0.2) is 46.1 Å². The molecule has 2 heterocycles. The van der Waals surface area contributed by atoms with Crippen molar-refractivity contribution in [1.82, 2.24) is 15.8 Å². The zero-order chi connectivity index (χ0) is 17.5. The maximum Gasteiger partial charge on any atom is 0.192 e. The SMILES string of the molecule is CCNC(=NCc1ccon1)NC(C)c1cccc(N2CCCC2)c1.I. The first-order valence-corrected chi connectivity index (χ1v) is 9.05. The number of halogens is 1. The summed E-state index contributed by atoms with van der Waals surface area (Å²) in [6, 6.07) is 10.8. The molecule has 1 fully saturated rings. The molecule has 2 aromatic rings. The summed E-state index contributed by atoms with van der Waals surface area (Å²) in [4.78, 5) is 7.04. The fourth-order valence-corrected chi connectivity index (χ4v) is 3.05. The van der Waals surface area contributed by atoms with Gasteiger partial charge in [-0.3, -0.25) is 0 Å². The Morgan fingerprint density at radius 1 is 1.31 bits per heavy atom. The van der Waals surface area contributed by atoms with Crippen molar-refractivity contribution < 1.29 is 4.52 Å². The van der Waals surface area contributed by atoms with Crippen LogP contribution in [0.25, 0.3) is 0 Å². The van der Waals surface area contributed by atoms with Crippen LogP contribution in [-0.2, 0) is 6.54 Å². The van der Waals surface area contributed by atoms with Gasteiger partial charge in [0.1, 0.15) is 12.0 Å². The molecule has 0 spiro atoms. The molecule has 0 amide bonds. The third kappa shape index (κ3) is 5.62. The highest BCUT2D eigenvalue weighted by atomic mass is 127. The Kier molecular flexibility index (Phi) is 8.21. The number of hydrogen-bond donors (Lipinski definition) is 2. The van der Waals surface area contributed by atoms with Crippen molar-refractivity contribution in [2.45, 2.75) is 39.3 Å². The van der Waals surface area contributed by atoms with Crippen LogP contribution in [0, 0.1) is 0 Å². The van der Waals surface area contributed by atoms with Crippen molar-refractivity contribution in [2.24, 2.45) is 4.99 Å². The van der Waals surface area contributed by atoms with Gasteiger partial charge < -0.3 is 20.1 Å². The number of nitrogens with one attached hydrogen (secondary N) is 2. The zero-order valence-corrected chi connectivity index (χ0v) is 17.8. The largest absolute Gasteiger partial charge is 0.372 e. The normalized spacial score (nSPS) is 15.5. The smallest absolute Gasteiger partial charge is 0.192 e. The summed E-state index contributed by atoms with van der Waals surface area (Å²) in [6.07, 6.45) is 4.15. The Morgan fingerprint density at radius 2 is 2.12 bits per heavy atom. The number of aromatic nitrogens is 1. The van der Waals surface area contributed by atoms with E-state index in [0.717, 1.165) is 31.3 Å². The van der Waals surface area contributed by atoms with E-state index in [1.807, 2.05) is 6.07 Å². The minimum atomic E-state index is 0. The number of hydrogen-bond acceptors (Lipinski definition) is 4. The van der Waals surface area contributed by atoms with E-state index in [1.54, 1.807) is 6.26 Å². The number of rotatable bonds is 6. The Balaban J connectivity index is 0.00000243. The van der Waals surface area contributed by atoms with E-state index in [2.05, 4.69) is 63.8 Å². The maximum absolute atomic E-state index is 4.85. The maximum atomic E-state index is 4.85. The van der Waals surface area contributed by atoms with Gasteiger partial charge in [-0.2, -0.15) is 0 Å². The van der Waals surface area contributed by atoms with E-state index in [-0.39, 0.29) is 30.0 Å². The first kappa shape index (κ1) is 20.5. The summed E-state index contributed by atoms with van der Waals surface area (Å²) in [7, 11) is 0. The van der Waals surface area contributed by atoms with Gasteiger partial charge in [-0.25, -0.2) is 4.99 Å². The highest BCUT2D eigenvalue weighted by Crippen LogP contribution is 2.23. The molecule has 0 aliphatic carbocycles. The molecule has 6 nitrogen and oxygen atoms in total. The van der Waals surface area contributed by atoms with Crippen molar-refractivity contribution in [3.63, 3.8) is 0 Å². The Labute approximate surface area is 172 Å². The van der Waals surface area contributed by atoms with Crippen LogP contribution >= 0.6 is 24.0 Å². The van der Waals surface area contributed by atoms with Crippen molar-refractivity contribution in [2.75, 3.05) is 24.5 Å². The molecular formula is C19H28IN5O. The average molecular weight is 469 g/mol. The second-order valence-corrected chi connectivity index (χ2v) is 6.34. The zero-order valence-electron chi connectivity index (χ0n) is 15.4. The molecule has 0 radical (unpaired) electrons. The lowest BCUT2D eigenvalue weighted by Gasteiger charge is -2.22. The molecule has 0 saturated carbocycles. The van der Waals surface area contributed by atoms with Crippen molar-refractivity contribution in [3.05, 3.63) is 47.9 Å². The molecule has 142 valence electrons. The lowest BCUT2D eigenvalue weighted by atomic mass is 10.1. The number of aliphatic imine (C=N–C) groups is 1. The lowest BCUT2D eigenvalue weighted by molar-refractivity contribution is 0.412. The van der Waals surface area contributed by atoms with Crippen LogP contribution in [0.3, 0.4) is 0 Å². The quantitative estimate of drug-likeness (QED) is 0.384. The predicted molar refractivity (Wildman–Crippen MR) is 116 cm³/mol. The van der Waals surface area contributed by atoms with E-state index >= 15 is 0 Å². The minimum absolute atomic E-state index is 0. The molecule has 7 heteroatoms. The first-order chi connectivity index (χ1) is 12.3. The topological polar surface area (TPSA) is 65.7 Å². The second kappa shape index (κ2) is 10.4. The molecule has 1 unspecified atom stereocenters. The number of nitrogens with zero attached hydrogens (tertiary/aromatic N) is 3. The van der Waals surface area contributed by atoms with Gasteiger partial charge in [-0.1, -0.05) is 17.3 Å². The fourth-order valence-electron chi connectivity index (χ4n) is 3.05. The van der Waals surface area contributed by atoms with E-state index in [4.69, 9.17) is 4.52 Å². The first-order valence-electron chi connectivity index (χ1n) is 9.05. The van der Waals surface area contributed by atoms with E-state index < -0.39 is 0 Å². The van der Waals surface area contributed by atoms with Crippen molar-refractivity contribution >= 4 is 35.6 Å². The summed E-state index contributed by atoms with van der Waals surface area (Å²) >= 11 is 0. The Morgan fingerprint density at radius 3 is 2.81 bits per heavy atom. The fraction of sp³-hybridized carbons (Fsp3) is 0.474. The second-order valence-electron chi connectivity index (χ2n) is 6.34. The molecule has 2 N–H and O–H groups in total. The van der Waals surface area contributed by atoms with Gasteiger partial charge in [0.2, 0.25) is 0 Å². The van der Waals surface area contributed by atoms with Gasteiger partial charge in [0.05, 0.1) is 12.6 Å². The highest BCUT2D eigenvalue weighted by Gasteiger charge is 2.14. The van der Waals surface area contributed by atoms with Crippen LogP contribution in [0.5, 0.6) is 0 Å². The summed E-state index contributed by atoms with van der Waals surface area (Å²) in [5.74, 6) is 0.782. The number of benzene rings is 1. The third-order valence-electron chi connectivity index (χ3n) is 4.43. The molecular weight excluding hydrogens is 441 g/mol. The summed E-state index contributed by atoms with van der Waals surface area (Å²) < 4.78 is 4.85. The van der Waals surface area contributed by atoms with E-state index in [0.29, 0.717) is 6.54 Å². The number of guanidine groups is 1. The van der Waals surface area contributed by atoms with E-state index in [9.17, 15) is 0 Å². The van der Waals surface area contributed by atoms with Crippen LogP contribution in [0.4, 0.5) is 5.69 Å².